The van der Waals surface area contributed by atoms with E-state index in [4.69, 9.17) is 16.3 Å². The second-order valence-electron chi connectivity index (χ2n) is 8.99. The monoisotopic (exact) mass is 554 g/mol. The van der Waals surface area contributed by atoms with Gasteiger partial charge in [0, 0.05) is 17.8 Å². The molecule has 5 rings (SSSR count). The highest BCUT2D eigenvalue weighted by Gasteiger charge is 2.17. The number of aromatic nitrogens is 2. The van der Waals surface area contributed by atoms with E-state index in [-0.39, 0.29) is 29.7 Å². The number of halogens is 2. The van der Waals surface area contributed by atoms with Crippen molar-refractivity contribution in [3.8, 4) is 17.2 Å². The Bertz CT molecular complexity index is 1760. The third-order valence-corrected chi connectivity index (χ3v) is 6.30. The summed E-state index contributed by atoms with van der Waals surface area (Å²) in [5, 5.41) is 10.5. The molecule has 0 saturated heterocycles. The molecule has 0 saturated carbocycles. The fourth-order valence-corrected chi connectivity index (χ4v) is 4.26. The Balaban J connectivity index is 1.47. The zero-order chi connectivity index (χ0) is 28.1. The number of hydrogen-bond donors (Lipinski definition) is 2. The molecule has 1 heterocycles. The average molecular weight is 555 g/mol. The fraction of sp³-hybridized carbons (Fsp3) is 0.0645. The summed E-state index contributed by atoms with van der Waals surface area (Å²) in [5.74, 6) is -0.00105. The topological polar surface area (TPSA) is 85.2 Å². The van der Waals surface area contributed by atoms with Crippen LogP contribution in [0.2, 0.25) is 5.02 Å². The molecule has 7 nitrogen and oxygen atoms in total. The Hall–Kier alpha value is -4.95. The van der Waals surface area contributed by atoms with Gasteiger partial charge < -0.3 is 15.4 Å². The van der Waals surface area contributed by atoms with Crippen LogP contribution in [0.15, 0.2) is 108 Å². The maximum absolute atomic E-state index is 13.7. The standard InChI is InChI=1S/C31H24ClFN4O3/c1-20-7-4-12-25(15-20)40-28-19-35-37(27-14-3-2-13-26(27)32)31(39)29(28)36-24-11-6-9-22(17-24)30(38)34-18-21-8-5-10-23(33)16-21/h2-17,19,36H,18H2,1H3,(H,34,38). The molecule has 1 amide bonds. The zero-order valence-corrected chi connectivity index (χ0v) is 22.2. The SMILES string of the molecule is Cc1cccc(Oc2cnn(-c3ccccc3Cl)c(=O)c2Nc2cccc(C(=O)NCc3cccc(F)c3)c2)c1. The summed E-state index contributed by atoms with van der Waals surface area (Å²) in [6.07, 6.45) is 1.44. The van der Waals surface area contributed by atoms with E-state index in [1.807, 2.05) is 25.1 Å². The minimum absolute atomic E-state index is 0.105. The first-order valence-electron chi connectivity index (χ1n) is 12.4. The van der Waals surface area contributed by atoms with Crippen LogP contribution >= 0.6 is 11.6 Å². The molecular weight excluding hydrogens is 531 g/mol. The number of nitrogens with zero attached hydrogens (tertiary/aromatic N) is 2. The first-order valence-corrected chi connectivity index (χ1v) is 12.8. The highest BCUT2D eigenvalue weighted by Crippen LogP contribution is 2.30. The maximum atomic E-state index is 13.7. The van der Waals surface area contributed by atoms with Crippen LogP contribution in [0, 0.1) is 12.7 Å². The molecule has 200 valence electrons. The summed E-state index contributed by atoms with van der Waals surface area (Å²) in [5.41, 5.74) is 2.46. The Labute approximate surface area is 234 Å². The van der Waals surface area contributed by atoms with Gasteiger partial charge in [-0.3, -0.25) is 9.59 Å². The number of ether oxygens (including phenoxy) is 1. The second kappa shape index (κ2) is 11.8. The van der Waals surface area contributed by atoms with Crippen molar-refractivity contribution in [3.05, 3.63) is 141 Å². The zero-order valence-electron chi connectivity index (χ0n) is 21.4. The lowest BCUT2D eigenvalue weighted by atomic mass is 10.1. The molecule has 9 heteroatoms. The molecule has 0 radical (unpaired) electrons. The van der Waals surface area contributed by atoms with Crippen LogP contribution in [0.3, 0.4) is 0 Å². The minimum Gasteiger partial charge on any atom is -0.453 e. The third-order valence-electron chi connectivity index (χ3n) is 5.98. The molecule has 0 unspecified atom stereocenters. The van der Waals surface area contributed by atoms with E-state index in [1.54, 1.807) is 66.7 Å². The lowest BCUT2D eigenvalue weighted by Gasteiger charge is -2.15. The summed E-state index contributed by atoms with van der Waals surface area (Å²) in [6.45, 7) is 2.10. The van der Waals surface area contributed by atoms with Crippen LogP contribution < -0.4 is 20.9 Å². The number of anilines is 2. The molecule has 40 heavy (non-hydrogen) atoms. The van der Waals surface area contributed by atoms with Gasteiger partial charge in [0.15, 0.2) is 11.4 Å². The van der Waals surface area contributed by atoms with Gasteiger partial charge in [-0.25, -0.2) is 4.39 Å². The van der Waals surface area contributed by atoms with Crippen LogP contribution in [0.1, 0.15) is 21.5 Å². The van der Waals surface area contributed by atoms with Gasteiger partial charge in [0.1, 0.15) is 11.6 Å². The highest BCUT2D eigenvalue weighted by molar-refractivity contribution is 6.32. The van der Waals surface area contributed by atoms with E-state index in [2.05, 4.69) is 15.7 Å². The Morgan fingerprint density at radius 1 is 0.975 bits per heavy atom. The van der Waals surface area contributed by atoms with Crippen LogP contribution in [0.5, 0.6) is 11.5 Å². The Morgan fingerprint density at radius 3 is 2.58 bits per heavy atom. The van der Waals surface area contributed by atoms with Crippen molar-refractivity contribution in [1.82, 2.24) is 15.1 Å². The number of carbonyl (C=O) groups excluding carboxylic acids is 1. The molecular formula is C31H24ClFN4O3. The van der Waals surface area contributed by atoms with Crippen molar-refractivity contribution in [1.29, 1.82) is 0 Å². The number of carbonyl (C=O) groups is 1. The maximum Gasteiger partial charge on any atom is 0.299 e. The van der Waals surface area contributed by atoms with Gasteiger partial charge >= 0.3 is 0 Å². The van der Waals surface area contributed by atoms with E-state index < -0.39 is 5.56 Å². The Morgan fingerprint density at radius 2 is 1.77 bits per heavy atom. The molecule has 0 aliphatic rings. The van der Waals surface area contributed by atoms with Gasteiger partial charge in [0.2, 0.25) is 0 Å². The average Bonchev–Trinajstić information content (AvgIpc) is 2.94. The predicted molar refractivity (Wildman–Crippen MR) is 153 cm³/mol. The molecule has 0 atom stereocenters. The number of hydrogen-bond acceptors (Lipinski definition) is 5. The third kappa shape index (κ3) is 6.19. The van der Waals surface area contributed by atoms with Crippen molar-refractivity contribution in [2.75, 3.05) is 5.32 Å². The van der Waals surface area contributed by atoms with Crippen molar-refractivity contribution >= 4 is 28.9 Å². The van der Waals surface area contributed by atoms with Crippen molar-refractivity contribution < 1.29 is 13.9 Å². The van der Waals surface area contributed by atoms with E-state index in [0.29, 0.717) is 33.3 Å². The van der Waals surface area contributed by atoms with Gasteiger partial charge in [-0.15, -0.1) is 0 Å². The lowest BCUT2D eigenvalue weighted by molar-refractivity contribution is 0.0951. The number of nitrogens with one attached hydrogen (secondary N) is 2. The summed E-state index contributed by atoms with van der Waals surface area (Å²) < 4.78 is 20.7. The van der Waals surface area contributed by atoms with Gasteiger partial charge in [-0.1, -0.05) is 54.1 Å². The second-order valence-corrected chi connectivity index (χ2v) is 9.40. The molecule has 0 bridgehead atoms. The van der Waals surface area contributed by atoms with Gasteiger partial charge in [0.25, 0.3) is 11.5 Å². The van der Waals surface area contributed by atoms with Gasteiger partial charge in [-0.2, -0.15) is 9.78 Å². The quantitative estimate of drug-likeness (QED) is 0.220. The normalized spacial score (nSPS) is 10.7. The number of rotatable bonds is 8. The predicted octanol–water partition coefficient (Wildman–Crippen LogP) is 6.80. The van der Waals surface area contributed by atoms with E-state index >= 15 is 0 Å². The van der Waals surface area contributed by atoms with Crippen LogP contribution in [-0.4, -0.2) is 15.7 Å². The largest absolute Gasteiger partial charge is 0.453 e. The molecule has 0 fully saturated rings. The van der Waals surface area contributed by atoms with Gasteiger partial charge in [0.05, 0.1) is 16.9 Å². The summed E-state index contributed by atoms with van der Waals surface area (Å²) in [7, 11) is 0. The molecule has 0 aliphatic heterocycles. The summed E-state index contributed by atoms with van der Waals surface area (Å²) in [4.78, 5) is 26.5. The van der Waals surface area contributed by atoms with E-state index in [0.717, 1.165) is 5.56 Å². The number of aryl methyl sites for hydroxylation is 1. The number of amides is 1. The fourth-order valence-electron chi connectivity index (χ4n) is 4.05. The van der Waals surface area contributed by atoms with Crippen molar-refractivity contribution in [3.63, 3.8) is 0 Å². The molecule has 0 aliphatic carbocycles. The van der Waals surface area contributed by atoms with Crippen LogP contribution in [0.4, 0.5) is 15.8 Å². The molecule has 5 aromatic rings. The Kier molecular flexibility index (Phi) is 7.89. The first kappa shape index (κ1) is 26.6. The molecule has 2 N–H and O–H groups in total. The number of para-hydroxylation sites is 1. The molecule has 1 aromatic heterocycles. The number of benzene rings is 4. The van der Waals surface area contributed by atoms with E-state index in [9.17, 15) is 14.0 Å². The van der Waals surface area contributed by atoms with E-state index in [1.165, 1.54) is 23.0 Å². The highest BCUT2D eigenvalue weighted by atomic mass is 35.5. The van der Waals surface area contributed by atoms with Crippen LogP contribution in [-0.2, 0) is 6.54 Å². The van der Waals surface area contributed by atoms with Crippen molar-refractivity contribution in [2.24, 2.45) is 0 Å². The lowest BCUT2D eigenvalue weighted by Crippen LogP contribution is -2.24. The first-order chi connectivity index (χ1) is 19.4. The van der Waals surface area contributed by atoms with Crippen molar-refractivity contribution in [2.45, 2.75) is 13.5 Å². The van der Waals surface area contributed by atoms with Crippen LogP contribution in [0.25, 0.3) is 5.69 Å². The molecule has 0 spiro atoms. The summed E-state index contributed by atoms with van der Waals surface area (Å²) in [6, 6.07) is 27.0. The van der Waals surface area contributed by atoms with Gasteiger partial charge in [-0.05, 0) is 72.6 Å². The molecule has 4 aromatic carbocycles. The smallest absolute Gasteiger partial charge is 0.299 e. The summed E-state index contributed by atoms with van der Waals surface area (Å²) >= 11 is 6.35. The minimum atomic E-state index is -0.501.